The van der Waals surface area contributed by atoms with Gasteiger partial charge in [0.25, 0.3) is 0 Å². The molecule has 0 aromatic carbocycles. The molecule has 64 heavy (non-hydrogen) atoms. The van der Waals surface area contributed by atoms with E-state index in [1.807, 2.05) is 119 Å². The van der Waals surface area contributed by atoms with Gasteiger partial charge in [-0.3, -0.25) is 9.97 Å². The van der Waals surface area contributed by atoms with Crippen molar-refractivity contribution in [1.29, 1.82) is 0 Å². The van der Waals surface area contributed by atoms with Crippen LogP contribution in [0.1, 0.15) is 126 Å². The highest BCUT2D eigenvalue weighted by atomic mass is 16.7. The zero-order valence-electron chi connectivity index (χ0n) is 42.6. The maximum atomic E-state index is 5.39. The van der Waals surface area contributed by atoms with Crippen molar-refractivity contribution in [3.8, 4) is 0 Å². The molecule has 360 valence electrons. The van der Waals surface area contributed by atoms with E-state index in [0.29, 0.717) is 24.0 Å². The molecule has 4 atom stereocenters. The van der Waals surface area contributed by atoms with Gasteiger partial charge in [0.05, 0.1) is 38.6 Å². The summed E-state index contributed by atoms with van der Waals surface area (Å²) < 4.78 is 31.5. The van der Waals surface area contributed by atoms with Crippen LogP contribution in [0.5, 0.6) is 0 Å². The fourth-order valence-electron chi connectivity index (χ4n) is 5.42. The summed E-state index contributed by atoms with van der Waals surface area (Å²) in [6.07, 6.45) is 17.2. The molecule has 0 N–H and O–H groups in total. The van der Waals surface area contributed by atoms with Crippen molar-refractivity contribution in [3.05, 3.63) is 107 Å². The van der Waals surface area contributed by atoms with Gasteiger partial charge in [0.1, 0.15) is 11.6 Å². The third kappa shape index (κ3) is 32.8. The van der Waals surface area contributed by atoms with Gasteiger partial charge < -0.3 is 28.4 Å². The number of aryl methyl sites for hydroxylation is 8. The first-order valence-corrected chi connectivity index (χ1v) is 23.3. The molecule has 12 heteroatoms. The van der Waals surface area contributed by atoms with Crippen LogP contribution >= 0.6 is 0 Å². The Balaban J connectivity index is 0.000000366. The lowest BCUT2D eigenvalue weighted by atomic mass is 10.0. The third-order valence-electron chi connectivity index (χ3n) is 9.86. The van der Waals surface area contributed by atoms with Crippen molar-refractivity contribution in [3.63, 3.8) is 0 Å². The Labute approximate surface area is 388 Å². The van der Waals surface area contributed by atoms with E-state index in [-0.39, 0.29) is 12.6 Å². The van der Waals surface area contributed by atoms with Gasteiger partial charge in [-0.15, -0.1) is 0 Å². The van der Waals surface area contributed by atoms with Gasteiger partial charge in [-0.1, -0.05) is 39.8 Å². The lowest BCUT2D eigenvalue weighted by Gasteiger charge is -2.24. The van der Waals surface area contributed by atoms with E-state index in [1.165, 1.54) is 36.8 Å². The van der Waals surface area contributed by atoms with Gasteiger partial charge >= 0.3 is 0 Å². The molecule has 0 saturated carbocycles. The Morgan fingerprint density at radius 3 is 0.797 bits per heavy atom. The molecule has 4 saturated heterocycles. The topological polar surface area (TPSA) is 133 Å². The minimum atomic E-state index is 0.0196. The van der Waals surface area contributed by atoms with Crippen molar-refractivity contribution in [2.45, 2.75) is 161 Å². The van der Waals surface area contributed by atoms with Gasteiger partial charge in [0.15, 0.2) is 12.6 Å². The molecule has 0 aliphatic carbocycles. The Hall–Kier alpha value is -3.78. The van der Waals surface area contributed by atoms with E-state index in [9.17, 15) is 0 Å². The highest BCUT2D eigenvalue weighted by Crippen LogP contribution is 2.18. The Kier molecular flexibility index (Phi) is 31.4. The van der Waals surface area contributed by atoms with Crippen LogP contribution in [-0.4, -0.2) is 94.3 Å². The van der Waals surface area contributed by atoms with Crippen LogP contribution in [0.2, 0.25) is 0 Å². The van der Waals surface area contributed by atoms with Crippen LogP contribution in [0.4, 0.5) is 0 Å². The summed E-state index contributed by atoms with van der Waals surface area (Å²) in [4.78, 5) is 24.0. The Morgan fingerprint density at radius 1 is 0.328 bits per heavy atom. The van der Waals surface area contributed by atoms with E-state index in [1.54, 1.807) is 0 Å². The van der Waals surface area contributed by atoms with Crippen LogP contribution in [-0.2, 0) is 28.4 Å². The zero-order valence-corrected chi connectivity index (χ0v) is 42.6. The molecule has 4 aromatic rings. The average molecular weight is 891 g/mol. The lowest BCUT2D eigenvalue weighted by molar-refractivity contribution is -0.187. The molecule has 4 aliphatic rings. The summed E-state index contributed by atoms with van der Waals surface area (Å²) in [5.74, 6) is 4.40. The summed E-state index contributed by atoms with van der Waals surface area (Å²) >= 11 is 0. The highest BCUT2D eigenvalue weighted by molar-refractivity contribution is 5.11. The molecular weight excluding hydrogens is 805 g/mol. The summed E-state index contributed by atoms with van der Waals surface area (Å²) in [6.45, 7) is 37.9. The SMILES string of the molecule is CC1CCC(C)OC1.CC1CCC(C)OC1.CC1COC(C)OC1.CC1COC(C)OC1.Cc1ccc(C)nc1.Cc1ccc(C)nc1.Cc1cnc(C)nc1.Cc1cnc(C)nc1. The Bertz CT molecular complexity index is 1290. The van der Waals surface area contributed by atoms with Crippen LogP contribution in [0, 0.1) is 79.1 Å². The number of aromatic nitrogens is 6. The van der Waals surface area contributed by atoms with E-state index in [0.717, 1.165) is 85.6 Å². The van der Waals surface area contributed by atoms with Crippen molar-refractivity contribution in [1.82, 2.24) is 29.9 Å². The van der Waals surface area contributed by atoms with Crippen molar-refractivity contribution < 1.29 is 28.4 Å². The van der Waals surface area contributed by atoms with Crippen molar-refractivity contribution in [2.75, 3.05) is 39.6 Å². The molecule has 4 unspecified atom stereocenters. The fourth-order valence-corrected chi connectivity index (χ4v) is 5.42. The molecule has 8 rings (SSSR count). The van der Waals surface area contributed by atoms with E-state index in [2.05, 4.69) is 83.6 Å². The normalized spacial score (nSPS) is 24.5. The number of nitrogens with zero attached hydrogens (tertiary/aromatic N) is 6. The van der Waals surface area contributed by atoms with Gasteiger partial charge in [0, 0.05) is 73.6 Å². The highest BCUT2D eigenvalue weighted by Gasteiger charge is 2.15. The van der Waals surface area contributed by atoms with Crippen LogP contribution in [0.3, 0.4) is 0 Å². The number of hydrogen-bond donors (Lipinski definition) is 0. The first-order valence-electron chi connectivity index (χ1n) is 23.3. The summed E-state index contributed by atoms with van der Waals surface area (Å²) in [7, 11) is 0. The number of pyridine rings is 2. The van der Waals surface area contributed by atoms with Crippen LogP contribution in [0.15, 0.2) is 61.4 Å². The number of rotatable bonds is 0. The van der Waals surface area contributed by atoms with Crippen molar-refractivity contribution >= 4 is 0 Å². The molecular formula is C52H86N6O6. The molecule has 8 heterocycles. The summed E-state index contributed by atoms with van der Waals surface area (Å²) in [5.41, 5.74) is 6.81. The molecule has 0 amide bonds. The number of ether oxygens (including phenoxy) is 6. The first-order chi connectivity index (χ1) is 30.3. The van der Waals surface area contributed by atoms with Gasteiger partial charge in [-0.25, -0.2) is 19.9 Å². The maximum Gasteiger partial charge on any atom is 0.154 e. The monoisotopic (exact) mass is 891 g/mol. The maximum absolute atomic E-state index is 5.39. The number of hydrogen-bond acceptors (Lipinski definition) is 12. The summed E-state index contributed by atoms with van der Waals surface area (Å²) in [5, 5.41) is 0. The minimum Gasteiger partial charge on any atom is -0.378 e. The molecule has 0 spiro atoms. The molecule has 4 aromatic heterocycles. The van der Waals surface area contributed by atoms with Crippen LogP contribution in [0.25, 0.3) is 0 Å². The Morgan fingerprint density at radius 2 is 0.609 bits per heavy atom. The van der Waals surface area contributed by atoms with Gasteiger partial charge in [-0.05, 0) is 155 Å². The van der Waals surface area contributed by atoms with E-state index < -0.39 is 0 Å². The first kappa shape index (κ1) is 58.2. The standard InChI is InChI=1S/2C7H9N.2C7H14O.2C6H8N2.2C6H12O2/c4*1-6-3-4-7(2)8-5-6;4*1-5-3-7-6(2)8-4-5/h2*3-5H,1-2H3;2*6-7H,3-5H2,1-2H3;2*3-4H,1-2H3;2*5-6H,3-4H2,1-2H3. The third-order valence-corrected chi connectivity index (χ3v) is 9.86. The quantitative estimate of drug-likeness (QED) is 0.166. The molecule has 0 radical (unpaired) electrons. The molecule has 4 fully saturated rings. The largest absolute Gasteiger partial charge is 0.378 e. The van der Waals surface area contributed by atoms with E-state index in [4.69, 9.17) is 28.4 Å². The lowest BCUT2D eigenvalue weighted by Crippen LogP contribution is -2.27. The van der Waals surface area contributed by atoms with Gasteiger partial charge in [-0.2, -0.15) is 0 Å². The van der Waals surface area contributed by atoms with E-state index >= 15 is 0 Å². The second kappa shape index (κ2) is 34.6. The minimum absolute atomic E-state index is 0.0196. The summed E-state index contributed by atoms with van der Waals surface area (Å²) in [6, 6.07) is 8.13. The van der Waals surface area contributed by atoms with Crippen LogP contribution < -0.4 is 0 Å². The zero-order chi connectivity index (χ0) is 47.9. The van der Waals surface area contributed by atoms with Crippen molar-refractivity contribution in [2.24, 2.45) is 23.7 Å². The smallest absolute Gasteiger partial charge is 0.154 e. The van der Waals surface area contributed by atoms with Gasteiger partial charge in [0.2, 0.25) is 0 Å². The fraction of sp³-hybridized carbons (Fsp3) is 0.654. The second-order valence-electron chi connectivity index (χ2n) is 17.9. The molecule has 0 bridgehead atoms. The molecule has 12 nitrogen and oxygen atoms in total. The average Bonchev–Trinajstić information content (AvgIpc) is 3.28. The molecule has 4 aliphatic heterocycles. The second-order valence-corrected chi connectivity index (χ2v) is 17.9. The predicted molar refractivity (Wildman–Crippen MR) is 259 cm³/mol. The predicted octanol–water partition coefficient (Wildman–Crippen LogP) is 11.3.